The highest BCUT2D eigenvalue weighted by atomic mass is 16.6. The van der Waals surface area contributed by atoms with E-state index in [0.29, 0.717) is 19.3 Å². The van der Waals surface area contributed by atoms with Gasteiger partial charge in [-0.05, 0) is 44.8 Å². The molecule has 21 heavy (non-hydrogen) atoms. The van der Waals surface area contributed by atoms with Crippen molar-refractivity contribution in [2.45, 2.75) is 44.3 Å². The molecule has 0 bridgehead atoms. The topological polar surface area (TPSA) is 33.7 Å². The zero-order valence-electron chi connectivity index (χ0n) is 12.5. The first-order valence-corrected chi connectivity index (χ1v) is 8.25. The van der Waals surface area contributed by atoms with Crippen LogP contribution in [0.2, 0.25) is 0 Å². The first-order chi connectivity index (χ1) is 10.4. The van der Waals surface area contributed by atoms with Crippen molar-refractivity contribution in [2.75, 3.05) is 26.3 Å². The van der Waals surface area contributed by atoms with Crippen molar-refractivity contribution in [3.05, 3.63) is 23.8 Å². The molecule has 114 valence electrons. The molecule has 0 amide bonds. The Bertz CT molecular complexity index is 506. The summed E-state index contributed by atoms with van der Waals surface area (Å²) >= 11 is 0. The Morgan fingerprint density at radius 3 is 3.10 bits per heavy atom. The molecule has 1 N–H and O–H groups in total. The molecular formula is C17H24N2O2. The largest absolute Gasteiger partial charge is 0.486 e. The van der Waals surface area contributed by atoms with Crippen LogP contribution in [-0.4, -0.2) is 43.3 Å². The van der Waals surface area contributed by atoms with Crippen LogP contribution < -0.4 is 14.8 Å². The van der Waals surface area contributed by atoms with Crippen molar-refractivity contribution in [3.8, 4) is 11.5 Å². The highest BCUT2D eigenvalue weighted by Crippen LogP contribution is 2.34. The Morgan fingerprint density at radius 2 is 2.10 bits per heavy atom. The van der Waals surface area contributed by atoms with Gasteiger partial charge in [-0.15, -0.1) is 0 Å². The molecule has 2 unspecified atom stereocenters. The molecule has 0 spiro atoms. The number of para-hydroxylation sites is 1. The molecule has 0 aromatic heterocycles. The fraction of sp³-hybridized carbons (Fsp3) is 0.647. The van der Waals surface area contributed by atoms with E-state index < -0.39 is 0 Å². The van der Waals surface area contributed by atoms with Gasteiger partial charge in [-0.25, -0.2) is 0 Å². The number of benzene rings is 1. The van der Waals surface area contributed by atoms with Crippen molar-refractivity contribution in [1.82, 2.24) is 10.2 Å². The third kappa shape index (κ3) is 2.74. The molecule has 0 aliphatic carbocycles. The summed E-state index contributed by atoms with van der Waals surface area (Å²) in [5.41, 5.74) is 1.22. The summed E-state index contributed by atoms with van der Waals surface area (Å²) in [6.45, 7) is 4.77. The Labute approximate surface area is 126 Å². The van der Waals surface area contributed by atoms with Crippen molar-refractivity contribution >= 4 is 0 Å². The summed E-state index contributed by atoms with van der Waals surface area (Å²) in [6.07, 6.45) is 5.33. The molecule has 4 rings (SSSR count). The van der Waals surface area contributed by atoms with Gasteiger partial charge in [0.25, 0.3) is 0 Å². The van der Waals surface area contributed by atoms with Gasteiger partial charge in [-0.2, -0.15) is 0 Å². The van der Waals surface area contributed by atoms with Crippen LogP contribution in [0.3, 0.4) is 0 Å². The quantitative estimate of drug-likeness (QED) is 0.924. The second kappa shape index (κ2) is 5.85. The van der Waals surface area contributed by atoms with Crippen molar-refractivity contribution in [3.63, 3.8) is 0 Å². The van der Waals surface area contributed by atoms with E-state index >= 15 is 0 Å². The highest BCUT2D eigenvalue weighted by molar-refractivity contribution is 5.47. The Balaban J connectivity index is 1.38. The summed E-state index contributed by atoms with van der Waals surface area (Å²) in [6, 6.07) is 7.66. The van der Waals surface area contributed by atoms with Crippen LogP contribution in [0, 0.1) is 0 Å². The van der Waals surface area contributed by atoms with Gasteiger partial charge < -0.3 is 19.7 Å². The van der Waals surface area contributed by atoms with Gasteiger partial charge in [0.05, 0.1) is 0 Å². The maximum atomic E-state index is 5.79. The van der Waals surface area contributed by atoms with Crippen LogP contribution in [0.1, 0.15) is 31.2 Å². The minimum atomic E-state index is 0.643. The Morgan fingerprint density at radius 1 is 1.14 bits per heavy atom. The zero-order valence-corrected chi connectivity index (χ0v) is 12.5. The van der Waals surface area contributed by atoms with Crippen molar-refractivity contribution in [1.29, 1.82) is 0 Å². The lowest BCUT2D eigenvalue weighted by Crippen LogP contribution is -2.45. The average molecular weight is 288 g/mol. The van der Waals surface area contributed by atoms with E-state index in [2.05, 4.69) is 22.3 Å². The van der Waals surface area contributed by atoms with Gasteiger partial charge in [0.1, 0.15) is 13.2 Å². The van der Waals surface area contributed by atoms with Crippen LogP contribution in [0.5, 0.6) is 11.5 Å². The lowest BCUT2D eigenvalue weighted by Gasteiger charge is -2.35. The first-order valence-electron chi connectivity index (χ1n) is 8.25. The monoisotopic (exact) mass is 288 g/mol. The second-order valence-electron chi connectivity index (χ2n) is 6.38. The number of ether oxygens (including phenoxy) is 2. The molecule has 0 radical (unpaired) electrons. The van der Waals surface area contributed by atoms with Gasteiger partial charge >= 0.3 is 0 Å². The summed E-state index contributed by atoms with van der Waals surface area (Å²) in [7, 11) is 0. The van der Waals surface area contributed by atoms with E-state index in [1.807, 2.05) is 6.07 Å². The second-order valence-corrected chi connectivity index (χ2v) is 6.38. The molecule has 4 heteroatoms. The minimum Gasteiger partial charge on any atom is -0.486 e. The van der Waals surface area contributed by atoms with Gasteiger partial charge in [0.2, 0.25) is 0 Å². The smallest absolute Gasteiger partial charge is 0.165 e. The van der Waals surface area contributed by atoms with E-state index in [1.54, 1.807) is 0 Å². The maximum Gasteiger partial charge on any atom is 0.165 e. The first kappa shape index (κ1) is 13.4. The van der Waals surface area contributed by atoms with Gasteiger partial charge in [-0.1, -0.05) is 12.1 Å². The van der Waals surface area contributed by atoms with Crippen molar-refractivity contribution < 1.29 is 9.47 Å². The highest BCUT2D eigenvalue weighted by Gasteiger charge is 2.31. The number of piperidine rings is 1. The molecule has 2 atom stereocenters. The maximum absolute atomic E-state index is 5.79. The number of hydrogen-bond acceptors (Lipinski definition) is 4. The molecular weight excluding hydrogens is 264 g/mol. The number of nitrogens with one attached hydrogen (secondary N) is 1. The number of hydrogen-bond donors (Lipinski definition) is 1. The predicted molar refractivity (Wildman–Crippen MR) is 81.9 cm³/mol. The lowest BCUT2D eigenvalue weighted by atomic mass is 9.97. The third-order valence-corrected chi connectivity index (χ3v) is 5.05. The summed E-state index contributed by atoms with van der Waals surface area (Å²) in [4.78, 5) is 2.67. The molecule has 4 nitrogen and oxygen atoms in total. The molecule has 0 saturated carbocycles. The van der Waals surface area contributed by atoms with Crippen LogP contribution >= 0.6 is 0 Å². The molecule has 1 aromatic rings. The average Bonchev–Trinajstić information content (AvgIpc) is 3.00. The summed E-state index contributed by atoms with van der Waals surface area (Å²) < 4.78 is 11.4. The number of fused-ring (bicyclic) bond motifs is 2. The number of rotatable bonds is 3. The van der Waals surface area contributed by atoms with E-state index in [4.69, 9.17) is 9.47 Å². The Hall–Kier alpha value is -1.26. The number of nitrogens with zero attached hydrogens (tertiary/aromatic N) is 1. The van der Waals surface area contributed by atoms with Gasteiger partial charge in [0, 0.05) is 24.2 Å². The standard InChI is InChI=1S/C17H24N2O2/c1-3-13(17-16(5-1)20-9-10-21-17)12-18-14-6-8-19-7-2-4-15(19)11-14/h1,3,5,14-15,18H,2,4,6-12H2. The summed E-state index contributed by atoms with van der Waals surface area (Å²) in [5.74, 6) is 1.83. The Kier molecular flexibility index (Phi) is 3.74. The van der Waals surface area contributed by atoms with Crippen LogP contribution in [0.25, 0.3) is 0 Å². The third-order valence-electron chi connectivity index (χ3n) is 5.05. The predicted octanol–water partition coefficient (Wildman–Crippen LogP) is 2.17. The lowest BCUT2D eigenvalue weighted by molar-refractivity contribution is 0.162. The van der Waals surface area contributed by atoms with Crippen LogP contribution in [-0.2, 0) is 6.54 Å². The van der Waals surface area contributed by atoms with E-state index in [1.165, 1.54) is 44.3 Å². The van der Waals surface area contributed by atoms with Crippen LogP contribution in [0.4, 0.5) is 0 Å². The molecule has 3 heterocycles. The normalized spacial score (nSPS) is 28.4. The van der Waals surface area contributed by atoms with Gasteiger partial charge in [0.15, 0.2) is 11.5 Å². The fourth-order valence-electron chi connectivity index (χ4n) is 3.94. The van der Waals surface area contributed by atoms with Crippen molar-refractivity contribution in [2.24, 2.45) is 0 Å². The minimum absolute atomic E-state index is 0.643. The van der Waals surface area contributed by atoms with E-state index in [9.17, 15) is 0 Å². The van der Waals surface area contributed by atoms with E-state index in [-0.39, 0.29) is 0 Å². The molecule has 2 fully saturated rings. The zero-order chi connectivity index (χ0) is 14.1. The van der Waals surface area contributed by atoms with Gasteiger partial charge in [-0.3, -0.25) is 0 Å². The molecule has 3 aliphatic heterocycles. The van der Waals surface area contributed by atoms with Crippen LogP contribution in [0.15, 0.2) is 18.2 Å². The molecule has 1 aromatic carbocycles. The fourth-order valence-corrected chi connectivity index (χ4v) is 3.94. The summed E-state index contributed by atoms with van der Waals surface area (Å²) in [5, 5.41) is 3.74. The molecule has 3 aliphatic rings. The molecule has 2 saturated heterocycles. The SMILES string of the molecule is c1cc(CNC2CCN3CCCC3C2)c2c(c1)OCCO2. The van der Waals surface area contributed by atoms with E-state index in [0.717, 1.165) is 24.1 Å².